The van der Waals surface area contributed by atoms with Gasteiger partial charge in [0, 0.05) is 12.8 Å². The van der Waals surface area contributed by atoms with Crippen LogP contribution in [0.15, 0.2) is 0 Å². The number of unbranched alkanes of at least 4 members (excludes halogenated alkanes) is 4. The molecule has 1 unspecified atom stereocenters. The van der Waals surface area contributed by atoms with E-state index in [1.54, 1.807) is 0 Å². The van der Waals surface area contributed by atoms with Crippen molar-refractivity contribution in [3.05, 3.63) is 0 Å². The van der Waals surface area contributed by atoms with Crippen LogP contribution < -0.4 is 5.32 Å². The molecule has 0 amide bonds. The molecule has 0 aromatic rings. The number of aliphatic hydroxyl groups is 1. The molecule has 0 radical (unpaired) electrons. The Morgan fingerprint density at radius 2 is 1.68 bits per heavy atom. The summed E-state index contributed by atoms with van der Waals surface area (Å²) in [6, 6.07) is 0.00996. The van der Waals surface area contributed by atoms with Crippen molar-refractivity contribution in [1.82, 2.24) is 5.32 Å². The highest BCUT2D eigenvalue weighted by Gasteiger charge is 2.35. The van der Waals surface area contributed by atoms with Crippen molar-refractivity contribution in [2.45, 2.75) is 76.9 Å². The highest BCUT2D eigenvalue weighted by atomic mass is 16.3. The molecule has 1 heterocycles. The second-order valence-electron chi connectivity index (χ2n) is 5.23. The van der Waals surface area contributed by atoms with E-state index in [4.69, 9.17) is 0 Å². The fourth-order valence-electron chi connectivity index (χ4n) is 2.17. The Bertz CT molecular complexity index is 334. The number of nitrogens with one attached hydrogen (secondary N) is 1. The van der Waals surface area contributed by atoms with Gasteiger partial charge < -0.3 is 10.4 Å². The molecule has 2 heteroatoms. The Morgan fingerprint density at radius 3 is 2.11 bits per heavy atom. The first kappa shape index (κ1) is 16.1. The number of hydrogen-bond donors (Lipinski definition) is 2. The van der Waals surface area contributed by atoms with Gasteiger partial charge in [-0.1, -0.05) is 50.4 Å². The quantitative estimate of drug-likeness (QED) is 0.589. The molecule has 1 aliphatic rings. The summed E-state index contributed by atoms with van der Waals surface area (Å²) in [5, 5.41) is 14.0. The molecule has 2 nitrogen and oxygen atoms in total. The number of hydrogen-bond acceptors (Lipinski definition) is 2. The molecule has 0 spiro atoms. The molecule has 1 atom stereocenters. The maximum Gasteiger partial charge on any atom is 0.203 e. The molecule has 0 saturated carbocycles. The molecule has 2 N–H and O–H groups in total. The second-order valence-corrected chi connectivity index (χ2v) is 5.23. The highest BCUT2D eigenvalue weighted by Crippen LogP contribution is 2.18. The Balaban J connectivity index is 2.69. The van der Waals surface area contributed by atoms with E-state index in [2.05, 4.69) is 42.8 Å². The third-order valence-electron chi connectivity index (χ3n) is 3.43. The van der Waals surface area contributed by atoms with Crippen molar-refractivity contribution >= 4 is 0 Å². The van der Waals surface area contributed by atoms with Crippen LogP contribution in [0.5, 0.6) is 0 Å². The lowest BCUT2D eigenvalue weighted by Gasteiger charge is -2.23. The van der Waals surface area contributed by atoms with E-state index < -0.39 is 5.60 Å². The van der Waals surface area contributed by atoms with Crippen LogP contribution >= 0.6 is 0 Å². The van der Waals surface area contributed by atoms with Crippen molar-refractivity contribution in [3.63, 3.8) is 0 Å². The first-order valence-corrected chi connectivity index (χ1v) is 7.68. The highest BCUT2D eigenvalue weighted by molar-refractivity contribution is 5.33. The van der Waals surface area contributed by atoms with Gasteiger partial charge in [0.15, 0.2) is 0 Å². The van der Waals surface area contributed by atoms with Gasteiger partial charge in [0.2, 0.25) is 5.60 Å². The van der Waals surface area contributed by atoms with Crippen molar-refractivity contribution in [2.24, 2.45) is 0 Å². The molecule has 106 valence electrons. The van der Waals surface area contributed by atoms with E-state index in [1.807, 2.05) is 0 Å². The predicted molar refractivity (Wildman–Crippen MR) is 80.6 cm³/mol. The van der Waals surface area contributed by atoms with Crippen LogP contribution in [-0.4, -0.2) is 23.3 Å². The van der Waals surface area contributed by atoms with E-state index in [-0.39, 0.29) is 6.04 Å². The normalized spacial score (nSPS) is 18.4. The van der Waals surface area contributed by atoms with Crippen molar-refractivity contribution in [1.29, 1.82) is 0 Å². The van der Waals surface area contributed by atoms with Gasteiger partial charge in [0.25, 0.3) is 0 Å². The van der Waals surface area contributed by atoms with Crippen LogP contribution in [0, 0.1) is 23.7 Å². The molecule has 19 heavy (non-hydrogen) atoms. The molecule has 1 aliphatic heterocycles. The first-order chi connectivity index (χ1) is 9.23. The summed E-state index contributed by atoms with van der Waals surface area (Å²) in [6.07, 6.45) is 8.20. The van der Waals surface area contributed by atoms with E-state index >= 15 is 0 Å². The minimum Gasteiger partial charge on any atom is -0.366 e. The smallest absolute Gasteiger partial charge is 0.203 e. The summed E-state index contributed by atoms with van der Waals surface area (Å²) in [5.74, 6) is 12.2. The summed E-state index contributed by atoms with van der Waals surface area (Å²) >= 11 is 0. The topological polar surface area (TPSA) is 32.3 Å². The largest absolute Gasteiger partial charge is 0.366 e. The van der Waals surface area contributed by atoms with Crippen LogP contribution in [0.1, 0.15) is 65.2 Å². The molecular weight excluding hydrogens is 234 g/mol. The number of rotatable bonds is 5. The fourth-order valence-corrected chi connectivity index (χ4v) is 2.17. The Labute approximate surface area is 118 Å². The second kappa shape index (κ2) is 9.03. The van der Waals surface area contributed by atoms with Crippen LogP contribution in [0.25, 0.3) is 0 Å². The van der Waals surface area contributed by atoms with E-state index in [1.165, 1.54) is 0 Å². The Kier molecular flexibility index (Phi) is 7.65. The Hall–Kier alpha value is -0.960. The van der Waals surface area contributed by atoms with Crippen LogP contribution in [0.3, 0.4) is 0 Å². The fraction of sp³-hybridized carbons (Fsp3) is 0.765. The lowest BCUT2D eigenvalue weighted by molar-refractivity contribution is 0.123. The van der Waals surface area contributed by atoms with Crippen LogP contribution in [-0.2, 0) is 0 Å². The molecule has 0 aromatic carbocycles. The molecule has 1 fully saturated rings. The van der Waals surface area contributed by atoms with Gasteiger partial charge in [0.1, 0.15) is 0 Å². The van der Waals surface area contributed by atoms with E-state index in [9.17, 15) is 5.11 Å². The van der Waals surface area contributed by atoms with Gasteiger partial charge in [-0.3, -0.25) is 0 Å². The average molecular weight is 261 g/mol. The molecule has 1 rings (SSSR count). The first-order valence-electron chi connectivity index (χ1n) is 7.68. The van der Waals surface area contributed by atoms with Gasteiger partial charge in [-0.25, -0.2) is 0 Å². The van der Waals surface area contributed by atoms with Crippen LogP contribution in [0.4, 0.5) is 0 Å². The monoisotopic (exact) mass is 261 g/mol. The molecule has 0 bridgehead atoms. The third-order valence-corrected chi connectivity index (χ3v) is 3.43. The van der Waals surface area contributed by atoms with Crippen molar-refractivity contribution < 1.29 is 5.11 Å². The molecule has 1 saturated heterocycles. The van der Waals surface area contributed by atoms with Gasteiger partial charge in [-0.05, 0) is 32.2 Å². The molecule has 0 aromatic heterocycles. The van der Waals surface area contributed by atoms with E-state index in [0.717, 1.165) is 57.9 Å². The van der Waals surface area contributed by atoms with Gasteiger partial charge in [0.05, 0.1) is 6.04 Å². The zero-order valence-electron chi connectivity index (χ0n) is 12.4. The Morgan fingerprint density at radius 1 is 1.11 bits per heavy atom. The zero-order valence-corrected chi connectivity index (χ0v) is 12.4. The van der Waals surface area contributed by atoms with Crippen LogP contribution in [0.2, 0.25) is 0 Å². The summed E-state index contributed by atoms with van der Waals surface area (Å²) in [6.45, 7) is 5.26. The van der Waals surface area contributed by atoms with Gasteiger partial charge >= 0.3 is 0 Å². The minimum absolute atomic E-state index is 0.00996. The summed E-state index contributed by atoms with van der Waals surface area (Å²) < 4.78 is 0. The van der Waals surface area contributed by atoms with E-state index in [0.29, 0.717) is 0 Å². The third kappa shape index (κ3) is 5.68. The zero-order chi connectivity index (χ0) is 14.0. The predicted octanol–water partition coefficient (Wildman–Crippen LogP) is 2.86. The summed E-state index contributed by atoms with van der Waals surface area (Å²) in [4.78, 5) is 0. The average Bonchev–Trinajstić information content (AvgIpc) is 2.95. The van der Waals surface area contributed by atoms with Gasteiger partial charge in [-0.15, -0.1) is 0 Å². The lowest BCUT2D eigenvalue weighted by Crippen LogP contribution is -2.45. The maximum absolute atomic E-state index is 10.7. The van der Waals surface area contributed by atoms with Crippen molar-refractivity contribution in [3.8, 4) is 23.7 Å². The lowest BCUT2D eigenvalue weighted by atomic mass is 9.93. The van der Waals surface area contributed by atoms with Crippen molar-refractivity contribution in [2.75, 3.05) is 6.54 Å². The maximum atomic E-state index is 10.7. The molecular formula is C17H27NO. The summed E-state index contributed by atoms with van der Waals surface area (Å²) in [5.41, 5.74) is -1.15. The summed E-state index contributed by atoms with van der Waals surface area (Å²) in [7, 11) is 0. The molecule has 0 aliphatic carbocycles. The SMILES string of the molecule is CCCCC#CC(O)(C#CCCCC)C1CCCN1. The van der Waals surface area contributed by atoms with Gasteiger partial charge in [-0.2, -0.15) is 0 Å². The standard InChI is InChI=1S/C17H27NO/c1-3-5-7-9-13-17(19,14-10-8-6-4-2)16-12-11-15-18-16/h16,18-19H,3-8,11-12,15H2,1-2H3. The minimum atomic E-state index is -1.15.